The van der Waals surface area contributed by atoms with Crippen molar-refractivity contribution >= 4 is 0 Å². The van der Waals surface area contributed by atoms with Crippen molar-refractivity contribution < 1.29 is 0 Å². The first kappa shape index (κ1) is 3.53. The van der Waals surface area contributed by atoms with Crippen molar-refractivity contribution in [3.63, 3.8) is 0 Å². The topological polar surface area (TPSA) is 15.3 Å². The average Bonchev–Trinajstić information content (AvgIpc) is 1.61. The van der Waals surface area contributed by atoms with Gasteiger partial charge in [0.1, 0.15) is 0 Å². The van der Waals surface area contributed by atoms with Crippen molar-refractivity contribution in [2.75, 3.05) is 13.7 Å². The second-order valence-corrected chi connectivity index (χ2v) is 1.48. The summed E-state index contributed by atoms with van der Waals surface area (Å²) in [6.45, 7) is 4.61. The normalized spacial score (nSPS) is 19.5. The minimum atomic E-state index is 0.957. The van der Waals surface area contributed by atoms with E-state index in [1.165, 1.54) is 0 Å². The average molecular weight is 84.1 g/mol. The fraction of sp³-hybridized carbons (Fsp3) is 0.500. The molecule has 0 aromatic heterocycles. The molecular formula is C4H8N2. The van der Waals surface area contributed by atoms with Crippen LogP contribution in [0.5, 0.6) is 0 Å². The van der Waals surface area contributed by atoms with E-state index in [1.807, 2.05) is 11.9 Å². The third kappa shape index (κ3) is 0.263. The molecule has 1 fully saturated rings. The molecule has 0 amide bonds. The minimum Gasteiger partial charge on any atom is -0.355 e. The Hall–Kier alpha value is -0.660. The predicted octanol–water partition coefficient (Wildman–Crippen LogP) is -0.0499. The largest absolute Gasteiger partial charge is 0.355 e. The lowest BCUT2D eigenvalue weighted by Gasteiger charge is -2.32. The maximum Gasteiger partial charge on any atom is 0.0964 e. The van der Waals surface area contributed by atoms with E-state index < -0.39 is 0 Å². The summed E-state index contributed by atoms with van der Waals surface area (Å²) in [6.07, 6.45) is 0. The number of hydrogen-bond donors (Lipinski definition) is 1. The van der Waals surface area contributed by atoms with E-state index >= 15 is 0 Å². The Morgan fingerprint density at radius 2 is 2.50 bits per heavy atom. The summed E-state index contributed by atoms with van der Waals surface area (Å²) in [5.74, 6) is 1.02. The van der Waals surface area contributed by atoms with Crippen LogP contribution >= 0.6 is 0 Å². The zero-order valence-electron chi connectivity index (χ0n) is 3.86. The molecule has 1 heterocycles. The number of rotatable bonds is 0. The molecule has 34 valence electrons. The maximum absolute atomic E-state index is 3.66. The van der Waals surface area contributed by atoms with E-state index in [9.17, 15) is 0 Å². The molecule has 1 aliphatic heterocycles. The van der Waals surface area contributed by atoms with Crippen LogP contribution in [0, 0.1) is 0 Å². The van der Waals surface area contributed by atoms with Crippen molar-refractivity contribution in [2.24, 2.45) is 0 Å². The highest BCUT2D eigenvalue weighted by Crippen LogP contribution is 1.99. The first-order valence-corrected chi connectivity index (χ1v) is 1.94. The molecule has 0 bridgehead atoms. The summed E-state index contributed by atoms with van der Waals surface area (Å²) in [6, 6.07) is 0. The van der Waals surface area contributed by atoms with Gasteiger partial charge in [0.05, 0.1) is 12.5 Å². The summed E-state index contributed by atoms with van der Waals surface area (Å²) in [7, 11) is 2.00. The SMILES string of the molecule is C=C1NCN1C. The summed E-state index contributed by atoms with van der Waals surface area (Å²) in [5, 5.41) is 2.99. The Bertz CT molecular complexity index is 77.6. The van der Waals surface area contributed by atoms with Crippen molar-refractivity contribution in [1.29, 1.82) is 0 Å². The Morgan fingerprint density at radius 1 is 2.00 bits per heavy atom. The van der Waals surface area contributed by atoms with Crippen molar-refractivity contribution in [2.45, 2.75) is 0 Å². The predicted molar refractivity (Wildman–Crippen MR) is 24.9 cm³/mol. The van der Waals surface area contributed by atoms with Gasteiger partial charge in [-0.3, -0.25) is 0 Å². The molecule has 0 aromatic carbocycles. The molecule has 0 aromatic rings. The van der Waals surface area contributed by atoms with Gasteiger partial charge in [-0.15, -0.1) is 0 Å². The van der Waals surface area contributed by atoms with Crippen molar-refractivity contribution in [1.82, 2.24) is 10.2 Å². The standard InChI is InChI=1S/C4H8N2/c1-4-5-3-6(4)2/h5H,1,3H2,2H3. The molecule has 0 unspecified atom stereocenters. The van der Waals surface area contributed by atoms with Crippen molar-refractivity contribution in [3.8, 4) is 0 Å². The minimum absolute atomic E-state index is 0.957. The molecule has 1 rings (SSSR count). The highest BCUT2D eigenvalue weighted by atomic mass is 15.4. The van der Waals surface area contributed by atoms with Gasteiger partial charge in [0.25, 0.3) is 0 Å². The lowest BCUT2D eigenvalue weighted by Crippen LogP contribution is -2.45. The molecule has 2 heteroatoms. The highest BCUT2D eigenvalue weighted by molar-refractivity contribution is 4.96. The summed E-state index contributed by atoms with van der Waals surface area (Å²) in [4.78, 5) is 2.04. The van der Waals surface area contributed by atoms with Crippen LogP contribution < -0.4 is 5.32 Å². The fourth-order valence-electron chi connectivity index (χ4n) is 0.349. The van der Waals surface area contributed by atoms with Gasteiger partial charge in [0.15, 0.2) is 0 Å². The van der Waals surface area contributed by atoms with E-state index in [-0.39, 0.29) is 0 Å². The van der Waals surface area contributed by atoms with Gasteiger partial charge in [-0.2, -0.15) is 0 Å². The lowest BCUT2D eigenvalue weighted by molar-refractivity contribution is 0.267. The van der Waals surface area contributed by atoms with E-state index in [0.29, 0.717) is 0 Å². The summed E-state index contributed by atoms with van der Waals surface area (Å²) >= 11 is 0. The molecule has 0 atom stereocenters. The Labute approximate surface area is 37.4 Å². The smallest absolute Gasteiger partial charge is 0.0964 e. The van der Waals surface area contributed by atoms with Gasteiger partial charge in [-0.05, 0) is 0 Å². The number of nitrogens with zero attached hydrogens (tertiary/aromatic N) is 1. The molecule has 0 saturated carbocycles. The molecule has 0 aliphatic carbocycles. The quantitative estimate of drug-likeness (QED) is 0.442. The summed E-state index contributed by atoms with van der Waals surface area (Å²) in [5.41, 5.74) is 0. The first-order chi connectivity index (χ1) is 2.80. The van der Waals surface area contributed by atoms with Crippen LogP contribution in [-0.4, -0.2) is 18.6 Å². The van der Waals surface area contributed by atoms with E-state index in [2.05, 4.69) is 11.9 Å². The van der Waals surface area contributed by atoms with Gasteiger partial charge in [-0.25, -0.2) is 0 Å². The van der Waals surface area contributed by atoms with Crippen LogP contribution in [0.1, 0.15) is 0 Å². The van der Waals surface area contributed by atoms with Gasteiger partial charge in [0.2, 0.25) is 0 Å². The fourth-order valence-corrected chi connectivity index (χ4v) is 0.349. The zero-order chi connectivity index (χ0) is 4.57. The Balaban J connectivity index is 2.39. The second-order valence-electron chi connectivity index (χ2n) is 1.48. The van der Waals surface area contributed by atoms with Crippen LogP contribution in [0.3, 0.4) is 0 Å². The van der Waals surface area contributed by atoms with E-state index in [0.717, 1.165) is 12.5 Å². The highest BCUT2D eigenvalue weighted by Gasteiger charge is 2.08. The molecule has 1 aliphatic rings. The van der Waals surface area contributed by atoms with E-state index in [4.69, 9.17) is 0 Å². The molecule has 0 spiro atoms. The van der Waals surface area contributed by atoms with Crippen LogP contribution in [0.15, 0.2) is 12.4 Å². The van der Waals surface area contributed by atoms with Gasteiger partial charge in [-0.1, -0.05) is 6.58 Å². The lowest BCUT2D eigenvalue weighted by atomic mass is 10.5. The molecule has 2 nitrogen and oxygen atoms in total. The second kappa shape index (κ2) is 0.899. The Morgan fingerprint density at radius 3 is 2.50 bits per heavy atom. The van der Waals surface area contributed by atoms with Gasteiger partial charge < -0.3 is 10.2 Å². The molecule has 1 saturated heterocycles. The van der Waals surface area contributed by atoms with E-state index in [1.54, 1.807) is 0 Å². The maximum atomic E-state index is 3.66. The first-order valence-electron chi connectivity index (χ1n) is 1.94. The van der Waals surface area contributed by atoms with Crippen molar-refractivity contribution in [3.05, 3.63) is 12.4 Å². The number of hydrogen-bond acceptors (Lipinski definition) is 2. The van der Waals surface area contributed by atoms with Crippen LogP contribution in [0.25, 0.3) is 0 Å². The monoisotopic (exact) mass is 84.1 g/mol. The zero-order valence-corrected chi connectivity index (χ0v) is 3.86. The molecular weight excluding hydrogens is 76.1 g/mol. The summed E-state index contributed by atoms with van der Waals surface area (Å²) < 4.78 is 0. The molecule has 6 heavy (non-hydrogen) atoms. The number of nitrogens with one attached hydrogen (secondary N) is 1. The van der Waals surface area contributed by atoms with Crippen LogP contribution in [0.2, 0.25) is 0 Å². The van der Waals surface area contributed by atoms with Gasteiger partial charge >= 0.3 is 0 Å². The van der Waals surface area contributed by atoms with Gasteiger partial charge in [0, 0.05) is 7.05 Å². The third-order valence-corrected chi connectivity index (χ3v) is 0.981. The molecule has 0 radical (unpaired) electrons. The molecule has 1 N–H and O–H groups in total. The van der Waals surface area contributed by atoms with Crippen LogP contribution in [-0.2, 0) is 0 Å². The third-order valence-electron chi connectivity index (χ3n) is 0.981. The Kier molecular flexibility index (Phi) is 0.528. The van der Waals surface area contributed by atoms with Crippen LogP contribution in [0.4, 0.5) is 0 Å².